The quantitative estimate of drug-likeness (QED) is 0.621. The monoisotopic (exact) mass is 313 g/mol. The number of esters is 1. The number of hydrogen-bond acceptors (Lipinski definition) is 4. The van der Waals surface area contributed by atoms with Gasteiger partial charge in [-0.25, -0.2) is 9.18 Å². The van der Waals surface area contributed by atoms with E-state index in [-0.39, 0.29) is 23.4 Å². The van der Waals surface area contributed by atoms with Crippen molar-refractivity contribution in [1.29, 1.82) is 0 Å². The van der Waals surface area contributed by atoms with Crippen LogP contribution in [0.1, 0.15) is 20.3 Å². The largest absolute Gasteiger partial charge is 0.467 e. The molecule has 0 aliphatic carbocycles. The summed E-state index contributed by atoms with van der Waals surface area (Å²) in [6, 6.07) is 5.27. The minimum atomic E-state index is -0.638. The Morgan fingerprint density at radius 1 is 1.33 bits per heavy atom. The Labute approximate surface area is 128 Å². The fourth-order valence-corrected chi connectivity index (χ4v) is 2.40. The van der Waals surface area contributed by atoms with Gasteiger partial charge in [-0.1, -0.05) is 20.3 Å². The lowest BCUT2D eigenvalue weighted by Crippen LogP contribution is -2.46. The highest BCUT2D eigenvalue weighted by Gasteiger charge is 2.26. The van der Waals surface area contributed by atoms with Gasteiger partial charge in [0.2, 0.25) is 5.91 Å². The van der Waals surface area contributed by atoms with E-state index in [1.54, 1.807) is 12.1 Å². The molecule has 116 valence electrons. The summed E-state index contributed by atoms with van der Waals surface area (Å²) in [7, 11) is 1.30. The SMILES string of the molecule is CC[C@H](C)[C@H](NC(=O)CSc1ccc(F)cc1)C(=O)OC. The second-order valence-electron chi connectivity index (χ2n) is 4.70. The molecule has 0 aromatic heterocycles. The topological polar surface area (TPSA) is 55.4 Å². The second-order valence-corrected chi connectivity index (χ2v) is 5.75. The van der Waals surface area contributed by atoms with Gasteiger partial charge in [-0.3, -0.25) is 4.79 Å². The van der Waals surface area contributed by atoms with E-state index in [1.165, 1.54) is 31.0 Å². The number of carbonyl (C=O) groups is 2. The van der Waals surface area contributed by atoms with Gasteiger partial charge in [-0.15, -0.1) is 11.8 Å². The molecule has 0 radical (unpaired) electrons. The standard InChI is InChI=1S/C15H20FNO3S/c1-4-10(2)14(15(19)20-3)17-13(18)9-21-12-7-5-11(16)6-8-12/h5-8,10,14H,4,9H2,1-3H3,(H,17,18)/t10-,14-/m0/s1. The number of methoxy groups -OCH3 is 1. The zero-order valence-electron chi connectivity index (χ0n) is 12.4. The van der Waals surface area contributed by atoms with Gasteiger partial charge in [0.15, 0.2) is 0 Å². The van der Waals surface area contributed by atoms with Gasteiger partial charge in [-0.05, 0) is 30.2 Å². The molecule has 0 saturated carbocycles. The van der Waals surface area contributed by atoms with Crippen molar-refractivity contribution in [2.75, 3.05) is 12.9 Å². The second kappa shape index (κ2) is 8.67. The van der Waals surface area contributed by atoms with E-state index in [0.29, 0.717) is 0 Å². The molecule has 1 amide bonds. The molecule has 0 fully saturated rings. The van der Waals surface area contributed by atoms with Crippen molar-refractivity contribution in [1.82, 2.24) is 5.32 Å². The number of benzene rings is 1. The predicted octanol–water partition coefficient (Wildman–Crippen LogP) is 2.62. The first-order valence-corrected chi connectivity index (χ1v) is 7.72. The van der Waals surface area contributed by atoms with Crippen molar-refractivity contribution in [3.63, 3.8) is 0 Å². The Morgan fingerprint density at radius 2 is 1.95 bits per heavy atom. The van der Waals surface area contributed by atoms with E-state index >= 15 is 0 Å². The Kier molecular flexibility index (Phi) is 7.22. The van der Waals surface area contributed by atoms with E-state index in [1.807, 2.05) is 13.8 Å². The maximum Gasteiger partial charge on any atom is 0.328 e. The first-order valence-electron chi connectivity index (χ1n) is 6.73. The summed E-state index contributed by atoms with van der Waals surface area (Å²) in [5, 5.41) is 2.69. The maximum atomic E-state index is 12.8. The zero-order chi connectivity index (χ0) is 15.8. The minimum absolute atomic E-state index is 0.00257. The minimum Gasteiger partial charge on any atom is -0.467 e. The summed E-state index contributed by atoms with van der Waals surface area (Å²) in [6.45, 7) is 3.83. The molecule has 0 heterocycles. The van der Waals surface area contributed by atoms with E-state index in [2.05, 4.69) is 5.32 Å². The molecular formula is C15H20FNO3S. The highest BCUT2D eigenvalue weighted by Crippen LogP contribution is 2.18. The average Bonchev–Trinajstić information content (AvgIpc) is 2.50. The van der Waals surface area contributed by atoms with Crippen LogP contribution in [0.3, 0.4) is 0 Å². The summed E-state index contributed by atoms with van der Waals surface area (Å²) in [5.41, 5.74) is 0. The van der Waals surface area contributed by atoms with Crippen molar-refractivity contribution in [3.8, 4) is 0 Å². The van der Waals surface area contributed by atoms with Crippen LogP contribution in [0.25, 0.3) is 0 Å². The molecule has 0 spiro atoms. The molecule has 0 bridgehead atoms. The molecule has 1 rings (SSSR count). The van der Waals surface area contributed by atoms with Crippen LogP contribution in [-0.2, 0) is 14.3 Å². The molecule has 1 aromatic rings. The van der Waals surface area contributed by atoms with Crippen LogP contribution in [0.5, 0.6) is 0 Å². The molecule has 2 atom stereocenters. The van der Waals surface area contributed by atoms with E-state index < -0.39 is 12.0 Å². The molecule has 1 N–H and O–H groups in total. The lowest BCUT2D eigenvalue weighted by molar-refractivity contribution is -0.146. The van der Waals surface area contributed by atoms with Crippen molar-refractivity contribution >= 4 is 23.6 Å². The average molecular weight is 313 g/mol. The van der Waals surface area contributed by atoms with Gasteiger partial charge >= 0.3 is 5.97 Å². The molecule has 0 unspecified atom stereocenters. The number of thioether (sulfide) groups is 1. The molecule has 0 aliphatic rings. The molecule has 1 aromatic carbocycles. The lowest BCUT2D eigenvalue weighted by Gasteiger charge is -2.21. The molecule has 6 heteroatoms. The van der Waals surface area contributed by atoms with Crippen LogP contribution in [0, 0.1) is 11.7 Å². The Morgan fingerprint density at radius 3 is 2.48 bits per heavy atom. The number of amides is 1. The molecule has 21 heavy (non-hydrogen) atoms. The van der Waals surface area contributed by atoms with Crippen molar-refractivity contribution in [2.45, 2.75) is 31.2 Å². The van der Waals surface area contributed by atoms with Crippen molar-refractivity contribution < 1.29 is 18.7 Å². The van der Waals surface area contributed by atoms with Crippen LogP contribution in [0.2, 0.25) is 0 Å². The Hall–Kier alpha value is -1.56. The van der Waals surface area contributed by atoms with Crippen LogP contribution in [0.15, 0.2) is 29.2 Å². The molecular weight excluding hydrogens is 293 g/mol. The Bertz CT molecular complexity index is 478. The number of carbonyl (C=O) groups excluding carboxylic acids is 2. The summed E-state index contributed by atoms with van der Waals surface area (Å²) >= 11 is 1.29. The van der Waals surface area contributed by atoms with Gasteiger partial charge < -0.3 is 10.1 Å². The van der Waals surface area contributed by atoms with Gasteiger partial charge in [0, 0.05) is 4.90 Å². The third kappa shape index (κ3) is 5.75. The number of halogens is 1. The summed E-state index contributed by atoms with van der Waals surface area (Å²) in [6.07, 6.45) is 0.755. The Balaban J connectivity index is 2.53. The van der Waals surface area contributed by atoms with Crippen LogP contribution in [-0.4, -0.2) is 30.8 Å². The lowest BCUT2D eigenvalue weighted by atomic mass is 9.99. The fourth-order valence-electron chi connectivity index (χ4n) is 1.69. The number of rotatable bonds is 7. The van der Waals surface area contributed by atoms with Crippen LogP contribution < -0.4 is 5.32 Å². The van der Waals surface area contributed by atoms with Gasteiger partial charge in [-0.2, -0.15) is 0 Å². The normalized spacial score (nSPS) is 13.3. The molecule has 0 aliphatic heterocycles. The third-order valence-corrected chi connectivity index (χ3v) is 4.18. The zero-order valence-corrected chi connectivity index (χ0v) is 13.2. The van der Waals surface area contributed by atoms with Crippen molar-refractivity contribution in [2.24, 2.45) is 5.92 Å². The smallest absolute Gasteiger partial charge is 0.328 e. The summed E-state index contributed by atoms with van der Waals surface area (Å²) in [4.78, 5) is 24.4. The predicted molar refractivity (Wildman–Crippen MR) is 80.5 cm³/mol. The van der Waals surface area contributed by atoms with Gasteiger partial charge in [0.1, 0.15) is 11.9 Å². The van der Waals surface area contributed by atoms with Crippen LogP contribution >= 0.6 is 11.8 Å². The van der Waals surface area contributed by atoms with Crippen molar-refractivity contribution in [3.05, 3.63) is 30.1 Å². The number of hydrogen-bond donors (Lipinski definition) is 1. The van der Waals surface area contributed by atoms with E-state index in [9.17, 15) is 14.0 Å². The first kappa shape index (κ1) is 17.5. The van der Waals surface area contributed by atoms with E-state index in [4.69, 9.17) is 4.74 Å². The summed E-state index contributed by atoms with van der Waals surface area (Å²) < 4.78 is 17.5. The third-order valence-electron chi connectivity index (χ3n) is 3.17. The fraction of sp³-hybridized carbons (Fsp3) is 0.467. The van der Waals surface area contributed by atoms with Gasteiger partial charge in [0.25, 0.3) is 0 Å². The number of nitrogens with one attached hydrogen (secondary N) is 1. The highest BCUT2D eigenvalue weighted by molar-refractivity contribution is 8.00. The first-order chi connectivity index (χ1) is 9.97. The van der Waals surface area contributed by atoms with Crippen LogP contribution in [0.4, 0.5) is 4.39 Å². The highest BCUT2D eigenvalue weighted by atomic mass is 32.2. The van der Waals surface area contributed by atoms with E-state index in [0.717, 1.165) is 11.3 Å². The number of ether oxygens (including phenoxy) is 1. The molecule has 0 saturated heterocycles. The van der Waals surface area contributed by atoms with Gasteiger partial charge in [0.05, 0.1) is 12.9 Å². The summed E-state index contributed by atoms with van der Waals surface area (Å²) in [5.74, 6) is -0.844. The maximum absolute atomic E-state index is 12.8. The molecule has 4 nitrogen and oxygen atoms in total.